The summed E-state index contributed by atoms with van der Waals surface area (Å²) in [6, 6.07) is 0. The molecule has 0 radical (unpaired) electrons. The third-order valence-electron chi connectivity index (χ3n) is 3.29. The Kier molecular flexibility index (Phi) is 3.24. The number of hydrogen-bond acceptors (Lipinski definition) is 2. The molecule has 1 saturated carbocycles. The van der Waals surface area contributed by atoms with E-state index in [1.54, 1.807) is 5.57 Å². The summed E-state index contributed by atoms with van der Waals surface area (Å²) >= 11 is 0. The molecule has 0 amide bonds. The van der Waals surface area contributed by atoms with Gasteiger partial charge in [-0.25, -0.2) is 0 Å². The molecule has 2 nitrogen and oxygen atoms in total. The smallest absolute Gasteiger partial charge is 0.302 e. The molecule has 1 fully saturated rings. The van der Waals surface area contributed by atoms with Gasteiger partial charge in [-0.15, -0.1) is 0 Å². The maximum atomic E-state index is 10.8. The molecule has 2 rings (SSSR count). The molecule has 0 bridgehead atoms. The maximum absolute atomic E-state index is 10.8. The van der Waals surface area contributed by atoms with Crippen LogP contribution in [-0.4, -0.2) is 12.1 Å². The molecule has 2 aliphatic rings. The fourth-order valence-corrected chi connectivity index (χ4v) is 2.58. The summed E-state index contributed by atoms with van der Waals surface area (Å²) < 4.78 is 5.25. The number of carbonyl (C=O) groups excluding carboxylic acids is 1. The highest BCUT2D eigenvalue weighted by atomic mass is 16.5. The summed E-state index contributed by atoms with van der Waals surface area (Å²) in [6.07, 6.45) is 12.4. The van der Waals surface area contributed by atoms with Gasteiger partial charge in [0.25, 0.3) is 0 Å². The van der Waals surface area contributed by atoms with E-state index in [9.17, 15) is 4.79 Å². The minimum Gasteiger partial charge on any atom is -0.463 e. The minimum atomic E-state index is -0.141. The van der Waals surface area contributed by atoms with Crippen molar-refractivity contribution in [1.82, 2.24) is 0 Å². The van der Waals surface area contributed by atoms with E-state index in [2.05, 4.69) is 18.2 Å². The van der Waals surface area contributed by atoms with Crippen LogP contribution in [0.3, 0.4) is 0 Å². The van der Waals surface area contributed by atoms with E-state index >= 15 is 0 Å². The van der Waals surface area contributed by atoms with E-state index in [1.165, 1.54) is 26.2 Å². The van der Waals surface area contributed by atoms with Crippen LogP contribution in [0, 0.1) is 5.92 Å². The van der Waals surface area contributed by atoms with Crippen molar-refractivity contribution in [2.75, 3.05) is 0 Å². The van der Waals surface area contributed by atoms with Crippen molar-refractivity contribution in [2.45, 2.75) is 45.1 Å². The van der Waals surface area contributed by atoms with Gasteiger partial charge >= 0.3 is 5.97 Å². The summed E-state index contributed by atoms with van der Waals surface area (Å²) in [4.78, 5) is 10.8. The first kappa shape index (κ1) is 10.5. The van der Waals surface area contributed by atoms with Gasteiger partial charge in [0.1, 0.15) is 6.10 Å². The second-order valence-electron chi connectivity index (χ2n) is 4.45. The van der Waals surface area contributed by atoms with Crippen LogP contribution in [-0.2, 0) is 9.53 Å². The normalized spacial score (nSPS) is 30.1. The van der Waals surface area contributed by atoms with Crippen LogP contribution in [0.1, 0.15) is 39.0 Å². The Labute approximate surface area is 91.0 Å². The summed E-state index contributed by atoms with van der Waals surface area (Å²) in [7, 11) is 0. The summed E-state index contributed by atoms with van der Waals surface area (Å²) in [5, 5.41) is 0. The molecule has 0 aromatic carbocycles. The van der Waals surface area contributed by atoms with Gasteiger partial charge in [0, 0.05) is 6.92 Å². The zero-order chi connectivity index (χ0) is 10.7. The van der Waals surface area contributed by atoms with Crippen molar-refractivity contribution in [3.8, 4) is 0 Å². The van der Waals surface area contributed by atoms with E-state index in [4.69, 9.17) is 4.74 Å². The summed E-state index contributed by atoms with van der Waals surface area (Å²) in [5.74, 6) is 0.512. The van der Waals surface area contributed by atoms with Crippen molar-refractivity contribution < 1.29 is 9.53 Å². The van der Waals surface area contributed by atoms with E-state index in [1.807, 2.05) is 0 Å². The third kappa shape index (κ3) is 2.71. The Hall–Kier alpha value is -1.05. The highest BCUT2D eigenvalue weighted by molar-refractivity contribution is 5.66. The SMILES string of the molecule is CC(=O)O[C@@H]1CC[C@H](C2=CC=CCC2)C1. The van der Waals surface area contributed by atoms with Crippen LogP contribution in [0.2, 0.25) is 0 Å². The first-order valence-corrected chi connectivity index (χ1v) is 5.78. The minimum absolute atomic E-state index is 0.141. The topological polar surface area (TPSA) is 26.3 Å². The van der Waals surface area contributed by atoms with Crippen LogP contribution in [0.25, 0.3) is 0 Å². The number of carbonyl (C=O) groups is 1. The highest BCUT2D eigenvalue weighted by Crippen LogP contribution is 2.36. The lowest BCUT2D eigenvalue weighted by Gasteiger charge is -2.16. The van der Waals surface area contributed by atoms with Crippen molar-refractivity contribution in [2.24, 2.45) is 5.92 Å². The second-order valence-corrected chi connectivity index (χ2v) is 4.45. The van der Waals surface area contributed by atoms with Crippen molar-refractivity contribution in [3.63, 3.8) is 0 Å². The molecular formula is C13H18O2. The van der Waals surface area contributed by atoms with Crippen LogP contribution < -0.4 is 0 Å². The van der Waals surface area contributed by atoms with E-state index in [0.29, 0.717) is 5.92 Å². The fraction of sp³-hybridized carbons (Fsp3) is 0.615. The molecule has 0 aromatic heterocycles. The van der Waals surface area contributed by atoms with Crippen LogP contribution in [0.4, 0.5) is 0 Å². The Morgan fingerprint density at radius 3 is 3.00 bits per heavy atom. The monoisotopic (exact) mass is 206 g/mol. The molecule has 0 spiro atoms. The average molecular weight is 206 g/mol. The molecule has 82 valence electrons. The predicted octanol–water partition coefficient (Wildman–Crippen LogP) is 2.99. The maximum Gasteiger partial charge on any atom is 0.302 e. The number of esters is 1. The molecule has 2 aliphatic carbocycles. The van der Waals surface area contributed by atoms with Crippen molar-refractivity contribution in [1.29, 1.82) is 0 Å². The molecule has 2 heteroatoms. The lowest BCUT2D eigenvalue weighted by molar-refractivity contribution is -0.146. The van der Waals surface area contributed by atoms with Crippen LogP contribution in [0.5, 0.6) is 0 Å². The first-order chi connectivity index (χ1) is 7.25. The molecule has 0 saturated heterocycles. The van der Waals surface area contributed by atoms with Gasteiger partial charge in [0.15, 0.2) is 0 Å². The predicted molar refractivity (Wildman–Crippen MR) is 59.4 cm³/mol. The van der Waals surface area contributed by atoms with E-state index < -0.39 is 0 Å². The molecular weight excluding hydrogens is 188 g/mol. The third-order valence-corrected chi connectivity index (χ3v) is 3.29. The van der Waals surface area contributed by atoms with Gasteiger partial charge < -0.3 is 4.74 Å². The summed E-state index contributed by atoms with van der Waals surface area (Å²) in [6.45, 7) is 1.50. The first-order valence-electron chi connectivity index (χ1n) is 5.78. The Morgan fingerprint density at radius 1 is 1.47 bits per heavy atom. The molecule has 2 atom stereocenters. The quantitative estimate of drug-likeness (QED) is 0.649. The number of rotatable bonds is 2. The van der Waals surface area contributed by atoms with Gasteiger partial charge in [-0.05, 0) is 38.0 Å². The van der Waals surface area contributed by atoms with E-state index in [-0.39, 0.29) is 12.1 Å². The van der Waals surface area contributed by atoms with Gasteiger partial charge in [0.05, 0.1) is 0 Å². The standard InChI is InChI=1S/C13H18O2/c1-10(14)15-13-8-7-12(9-13)11-5-3-2-4-6-11/h2-3,5,12-13H,4,6-9H2,1H3/t12-,13+/m0/s1. The summed E-state index contributed by atoms with van der Waals surface area (Å²) in [5.41, 5.74) is 1.55. The lowest BCUT2D eigenvalue weighted by atomic mass is 9.91. The van der Waals surface area contributed by atoms with E-state index in [0.717, 1.165) is 12.8 Å². The molecule has 0 aliphatic heterocycles. The zero-order valence-corrected chi connectivity index (χ0v) is 9.24. The largest absolute Gasteiger partial charge is 0.463 e. The molecule has 0 unspecified atom stereocenters. The fourth-order valence-electron chi connectivity index (χ4n) is 2.58. The molecule has 15 heavy (non-hydrogen) atoms. The van der Waals surface area contributed by atoms with Crippen LogP contribution in [0.15, 0.2) is 23.8 Å². The zero-order valence-electron chi connectivity index (χ0n) is 9.24. The van der Waals surface area contributed by atoms with Gasteiger partial charge in [-0.2, -0.15) is 0 Å². The number of ether oxygens (including phenoxy) is 1. The Morgan fingerprint density at radius 2 is 2.33 bits per heavy atom. The van der Waals surface area contributed by atoms with Gasteiger partial charge in [-0.3, -0.25) is 4.79 Å². The van der Waals surface area contributed by atoms with Crippen molar-refractivity contribution in [3.05, 3.63) is 23.8 Å². The molecule has 0 N–H and O–H groups in total. The molecule has 0 aromatic rings. The molecule has 0 heterocycles. The lowest BCUT2D eigenvalue weighted by Crippen LogP contribution is -2.13. The Balaban J connectivity index is 1.89. The highest BCUT2D eigenvalue weighted by Gasteiger charge is 2.28. The van der Waals surface area contributed by atoms with Crippen molar-refractivity contribution >= 4 is 5.97 Å². The second kappa shape index (κ2) is 4.65. The van der Waals surface area contributed by atoms with Crippen LogP contribution >= 0.6 is 0 Å². The average Bonchev–Trinajstić information content (AvgIpc) is 2.67. The number of allylic oxidation sites excluding steroid dienone is 4. The van der Waals surface area contributed by atoms with Gasteiger partial charge in [0.2, 0.25) is 0 Å². The van der Waals surface area contributed by atoms with Gasteiger partial charge in [-0.1, -0.05) is 23.8 Å². The Bertz CT molecular complexity index is 302. The number of hydrogen-bond donors (Lipinski definition) is 0.